The van der Waals surface area contributed by atoms with Gasteiger partial charge in [0.1, 0.15) is 0 Å². The van der Waals surface area contributed by atoms with Crippen molar-refractivity contribution in [3.63, 3.8) is 0 Å². The molecule has 16 heavy (non-hydrogen) atoms. The summed E-state index contributed by atoms with van der Waals surface area (Å²) in [5.41, 5.74) is 0. The number of ether oxygens (including phenoxy) is 1. The molecule has 0 amide bonds. The largest absolute Gasteiger partial charge is 0.380 e. The van der Waals surface area contributed by atoms with Crippen LogP contribution in [0.4, 0.5) is 5.13 Å². The Kier molecular flexibility index (Phi) is 4.15. The quantitative estimate of drug-likeness (QED) is 0.866. The van der Waals surface area contributed by atoms with E-state index in [9.17, 15) is 0 Å². The minimum atomic E-state index is 0.366. The number of nitrogens with zero attached hydrogens (tertiary/aromatic N) is 2. The van der Waals surface area contributed by atoms with Gasteiger partial charge in [-0.25, -0.2) is 4.98 Å². The molecule has 1 aliphatic rings. The zero-order valence-electron chi connectivity index (χ0n) is 9.90. The lowest BCUT2D eigenvalue weighted by molar-refractivity contribution is 0.0893. The predicted octanol–water partition coefficient (Wildman–Crippen LogP) is 1.48. The van der Waals surface area contributed by atoms with Crippen LogP contribution in [0.2, 0.25) is 0 Å². The molecule has 1 aromatic heterocycles. The molecule has 0 radical (unpaired) electrons. The zero-order chi connectivity index (χ0) is 11.4. The second-order valence-electron chi connectivity index (χ2n) is 4.09. The Balaban J connectivity index is 1.99. The summed E-state index contributed by atoms with van der Waals surface area (Å²) in [6, 6.07) is 0. The Hall–Kier alpha value is -0.650. The summed E-state index contributed by atoms with van der Waals surface area (Å²) in [6.07, 6.45) is 4.69. The fraction of sp³-hybridized carbons (Fsp3) is 0.727. The fourth-order valence-corrected chi connectivity index (χ4v) is 2.96. The minimum absolute atomic E-state index is 0.366. The average molecular weight is 241 g/mol. The number of hydrogen-bond acceptors (Lipinski definition) is 5. The van der Waals surface area contributed by atoms with E-state index < -0.39 is 0 Å². The molecule has 2 heterocycles. The summed E-state index contributed by atoms with van der Waals surface area (Å²) in [5.74, 6) is 0. The summed E-state index contributed by atoms with van der Waals surface area (Å²) in [4.78, 5) is 8.10. The number of rotatable bonds is 4. The van der Waals surface area contributed by atoms with Gasteiger partial charge in [0.05, 0.1) is 6.10 Å². The van der Waals surface area contributed by atoms with Crippen LogP contribution in [-0.2, 0) is 11.3 Å². The van der Waals surface area contributed by atoms with Crippen molar-refractivity contribution in [2.45, 2.75) is 25.5 Å². The molecule has 0 aliphatic carbocycles. The molecule has 0 bridgehead atoms. The van der Waals surface area contributed by atoms with Crippen LogP contribution in [0, 0.1) is 0 Å². The highest BCUT2D eigenvalue weighted by Gasteiger charge is 2.21. The molecule has 0 spiro atoms. The Morgan fingerprint density at radius 3 is 3.31 bits per heavy atom. The third kappa shape index (κ3) is 2.72. The van der Waals surface area contributed by atoms with Crippen LogP contribution in [0.3, 0.4) is 0 Å². The zero-order valence-corrected chi connectivity index (χ0v) is 10.7. The Labute approximate surface area is 101 Å². The summed E-state index contributed by atoms with van der Waals surface area (Å²) in [7, 11) is 3.75. The van der Waals surface area contributed by atoms with Gasteiger partial charge in [0, 0.05) is 37.8 Å². The van der Waals surface area contributed by atoms with E-state index in [4.69, 9.17) is 4.74 Å². The number of aromatic nitrogens is 1. The molecule has 1 aliphatic heterocycles. The van der Waals surface area contributed by atoms with Crippen molar-refractivity contribution in [3.05, 3.63) is 11.1 Å². The van der Waals surface area contributed by atoms with Crippen molar-refractivity contribution in [3.8, 4) is 0 Å². The van der Waals surface area contributed by atoms with Gasteiger partial charge >= 0.3 is 0 Å². The third-order valence-electron chi connectivity index (χ3n) is 2.87. The highest BCUT2D eigenvalue weighted by Crippen LogP contribution is 2.26. The van der Waals surface area contributed by atoms with Crippen molar-refractivity contribution >= 4 is 16.5 Å². The van der Waals surface area contributed by atoms with E-state index in [1.54, 1.807) is 18.4 Å². The SMILES string of the molecule is CNCc1cnc(N2CCCC(OC)C2)s1. The van der Waals surface area contributed by atoms with E-state index in [-0.39, 0.29) is 0 Å². The molecular formula is C11H19N3OS. The molecule has 4 nitrogen and oxygen atoms in total. The third-order valence-corrected chi connectivity index (χ3v) is 3.93. The summed E-state index contributed by atoms with van der Waals surface area (Å²) in [5, 5.41) is 4.28. The molecule has 1 aromatic rings. The van der Waals surface area contributed by atoms with Crippen LogP contribution in [-0.4, -0.2) is 38.3 Å². The monoisotopic (exact) mass is 241 g/mol. The standard InChI is InChI=1S/C11H19N3OS/c1-12-6-10-7-13-11(16-10)14-5-3-4-9(8-14)15-2/h7,9,12H,3-6,8H2,1-2H3. The number of methoxy groups -OCH3 is 1. The highest BCUT2D eigenvalue weighted by atomic mass is 32.1. The topological polar surface area (TPSA) is 37.4 Å². The van der Waals surface area contributed by atoms with E-state index in [2.05, 4.69) is 15.2 Å². The summed E-state index contributed by atoms with van der Waals surface area (Å²) in [6.45, 7) is 2.98. The van der Waals surface area contributed by atoms with Crippen LogP contribution in [0.5, 0.6) is 0 Å². The maximum atomic E-state index is 5.42. The van der Waals surface area contributed by atoms with Crippen LogP contribution < -0.4 is 10.2 Å². The van der Waals surface area contributed by atoms with Gasteiger partial charge in [-0.3, -0.25) is 0 Å². The van der Waals surface area contributed by atoms with E-state index in [0.29, 0.717) is 6.10 Å². The van der Waals surface area contributed by atoms with Crippen LogP contribution in [0.15, 0.2) is 6.20 Å². The molecule has 1 N–H and O–H groups in total. The maximum Gasteiger partial charge on any atom is 0.185 e. The molecule has 1 fully saturated rings. The van der Waals surface area contributed by atoms with Gasteiger partial charge in [-0.05, 0) is 19.9 Å². The van der Waals surface area contributed by atoms with Crippen LogP contribution in [0.1, 0.15) is 17.7 Å². The first-order valence-corrected chi connectivity index (χ1v) is 6.52. The van der Waals surface area contributed by atoms with Crippen molar-refractivity contribution in [1.82, 2.24) is 10.3 Å². The number of hydrogen-bond donors (Lipinski definition) is 1. The van der Waals surface area contributed by atoms with Crippen molar-refractivity contribution < 1.29 is 4.74 Å². The van der Waals surface area contributed by atoms with Gasteiger partial charge in [-0.2, -0.15) is 0 Å². The van der Waals surface area contributed by atoms with Gasteiger partial charge in [-0.1, -0.05) is 0 Å². The van der Waals surface area contributed by atoms with E-state index in [0.717, 1.165) is 24.8 Å². The van der Waals surface area contributed by atoms with Crippen LogP contribution >= 0.6 is 11.3 Å². The van der Waals surface area contributed by atoms with Crippen LogP contribution in [0.25, 0.3) is 0 Å². The molecule has 90 valence electrons. The summed E-state index contributed by atoms with van der Waals surface area (Å²) < 4.78 is 5.42. The Morgan fingerprint density at radius 2 is 2.56 bits per heavy atom. The van der Waals surface area contributed by atoms with Gasteiger partial charge < -0.3 is 15.0 Å². The number of thiazole rings is 1. The van der Waals surface area contributed by atoms with E-state index in [1.807, 2.05) is 13.2 Å². The smallest absolute Gasteiger partial charge is 0.185 e. The average Bonchev–Trinajstić information content (AvgIpc) is 2.78. The maximum absolute atomic E-state index is 5.42. The fourth-order valence-electron chi connectivity index (χ4n) is 2.00. The van der Waals surface area contributed by atoms with Crippen molar-refractivity contribution in [1.29, 1.82) is 0 Å². The van der Waals surface area contributed by atoms with E-state index in [1.165, 1.54) is 17.7 Å². The molecule has 1 saturated heterocycles. The molecule has 0 aromatic carbocycles. The van der Waals surface area contributed by atoms with Gasteiger partial charge in [0.15, 0.2) is 5.13 Å². The minimum Gasteiger partial charge on any atom is -0.380 e. The first-order valence-electron chi connectivity index (χ1n) is 5.70. The molecule has 1 unspecified atom stereocenters. The van der Waals surface area contributed by atoms with Gasteiger partial charge in [0.25, 0.3) is 0 Å². The van der Waals surface area contributed by atoms with E-state index >= 15 is 0 Å². The normalized spacial score (nSPS) is 21.4. The van der Waals surface area contributed by atoms with Gasteiger partial charge in [0.2, 0.25) is 0 Å². The van der Waals surface area contributed by atoms with Gasteiger partial charge in [-0.15, -0.1) is 11.3 Å². The number of anilines is 1. The summed E-state index contributed by atoms with van der Waals surface area (Å²) >= 11 is 1.77. The molecule has 1 atom stereocenters. The first kappa shape index (κ1) is 11.8. The molecule has 2 rings (SSSR count). The van der Waals surface area contributed by atoms with Crippen molar-refractivity contribution in [2.75, 3.05) is 32.1 Å². The molecule has 0 saturated carbocycles. The predicted molar refractivity (Wildman–Crippen MR) is 67.1 cm³/mol. The van der Waals surface area contributed by atoms with Crippen molar-refractivity contribution in [2.24, 2.45) is 0 Å². The number of piperidine rings is 1. The lowest BCUT2D eigenvalue weighted by atomic mass is 10.1. The lowest BCUT2D eigenvalue weighted by Crippen LogP contribution is -2.39. The first-order chi connectivity index (χ1) is 7.83. The Bertz CT molecular complexity index is 329. The second-order valence-corrected chi connectivity index (χ2v) is 5.18. The lowest BCUT2D eigenvalue weighted by Gasteiger charge is -2.31. The Morgan fingerprint density at radius 1 is 1.69 bits per heavy atom. The second kappa shape index (κ2) is 5.61. The molecular weight excluding hydrogens is 222 g/mol. The number of nitrogens with one attached hydrogen (secondary N) is 1. The molecule has 5 heteroatoms. The highest BCUT2D eigenvalue weighted by molar-refractivity contribution is 7.15.